The summed E-state index contributed by atoms with van der Waals surface area (Å²) in [5.74, 6) is 0. The molecule has 1 aromatic heterocycles. The topological polar surface area (TPSA) is 50.9 Å². The summed E-state index contributed by atoms with van der Waals surface area (Å²) in [6.07, 6.45) is 1.82. The Morgan fingerprint density at radius 2 is 2.17 bits per heavy atom. The van der Waals surface area contributed by atoms with Gasteiger partial charge in [-0.25, -0.2) is 4.68 Å². The molecule has 0 atom stereocenters. The first-order chi connectivity index (χ1) is 8.67. The van der Waals surface area contributed by atoms with Crippen LogP contribution in [-0.4, -0.2) is 20.1 Å². The molecule has 0 aliphatic rings. The van der Waals surface area contributed by atoms with Gasteiger partial charge in [-0.1, -0.05) is 30.2 Å². The third-order valence-electron chi connectivity index (χ3n) is 2.87. The van der Waals surface area contributed by atoms with Gasteiger partial charge in [-0.05, 0) is 37.1 Å². The summed E-state index contributed by atoms with van der Waals surface area (Å²) in [4.78, 5) is 0. The summed E-state index contributed by atoms with van der Waals surface area (Å²) >= 11 is 5.95. The summed E-state index contributed by atoms with van der Waals surface area (Å²) in [5, 5.41) is 18.1. The van der Waals surface area contributed by atoms with Crippen molar-refractivity contribution in [2.45, 2.75) is 33.3 Å². The lowest BCUT2D eigenvalue weighted by Gasteiger charge is -2.09. The van der Waals surface area contributed by atoms with Crippen LogP contribution in [0.4, 0.5) is 0 Å². The number of aromatic nitrogens is 3. The first kappa shape index (κ1) is 13.1. The molecule has 0 saturated heterocycles. The number of hydrogen-bond acceptors (Lipinski definition) is 3. The zero-order valence-corrected chi connectivity index (χ0v) is 11.3. The first-order valence-electron chi connectivity index (χ1n) is 5.98. The minimum atomic E-state index is -0.0814. The van der Waals surface area contributed by atoms with Crippen LogP contribution in [0, 0.1) is 6.92 Å². The van der Waals surface area contributed by atoms with Gasteiger partial charge in [-0.3, -0.25) is 0 Å². The van der Waals surface area contributed by atoms with Gasteiger partial charge in [0.1, 0.15) is 5.69 Å². The molecule has 1 N–H and O–H groups in total. The van der Waals surface area contributed by atoms with Crippen molar-refractivity contribution >= 4 is 11.6 Å². The van der Waals surface area contributed by atoms with Crippen molar-refractivity contribution in [1.29, 1.82) is 0 Å². The van der Waals surface area contributed by atoms with Crippen LogP contribution < -0.4 is 0 Å². The molecule has 18 heavy (non-hydrogen) atoms. The zero-order valence-electron chi connectivity index (χ0n) is 10.5. The summed E-state index contributed by atoms with van der Waals surface area (Å²) in [7, 11) is 0. The molecule has 0 unspecified atom stereocenters. The Hall–Kier alpha value is -1.39. The Morgan fingerprint density at radius 3 is 2.78 bits per heavy atom. The molecular formula is C13H16ClN3O. The molecular weight excluding hydrogens is 250 g/mol. The number of aliphatic hydroxyl groups is 1. The van der Waals surface area contributed by atoms with Crippen LogP contribution in [0.25, 0.3) is 5.69 Å². The molecule has 1 aromatic carbocycles. The molecule has 0 spiro atoms. The van der Waals surface area contributed by atoms with Crippen LogP contribution >= 0.6 is 11.6 Å². The fourth-order valence-electron chi connectivity index (χ4n) is 1.99. The molecule has 4 nitrogen and oxygen atoms in total. The minimum absolute atomic E-state index is 0.0814. The van der Waals surface area contributed by atoms with Crippen LogP contribution in [0.15, 0.2) is 18.2 Å². The molecule has 1 heterocycles. The van der Waals surface area contributed by atoms with E-state index < -0.39 is 0 Å². The van der Waals surface area contributed by atoms with Gasteiger partial charge in [-0.2, -0.15) is 0 Å². The predicted octanol–water partition coefficient (Wildman–Crippen LogP) is 2.67. The number of rotatable bonds is 4. The maximum Gasteiger partial charge on any atom is 0.112 e. The Kier molecular flexibility index (Phi) is 3.99. The lowest BCUT2D eigenvalue weighted by Crippen LogP contribution is -2.05. The van der Waals surface area contributed by atoms with Crippen LogP contribution in [0.5, 0.6) is 0 Å². The normalized spacial score (nSPS) is 10.9. The highest BCUT2D eigenvalue weighted by Crippen LogP contribution is 2.21. The molecule has 0 amide bonds. The average Bonchev–Trinajstić information content (AvgIpc) is 2.73. The Bertz CT molecular complexity index is 551. The summed E-state index contributed by atoms with van der Waals surface area (Å²) in [6.45, 7) is 3.99. The lowest BCUT2D eigenvalue weighted by atomic mass is 10.1. The summed E-state index contributed by atoms with van der Waals surface area (Å²) in [5.41, 5.74) is 3.60. The number of aliphatic hydroxyl groups excluding tert-OH is 1. The van der Waals surface area contributed by atoms with Gasteiger partial charge in [0.05, 0.1) is 18.0 Å². The molecule has 0 aliphatic carbocycles. The van der Waals surface area contributed by atoms with Crippen molar-refractivity contribution in [2.75, 3.05) is 0 Å². The van der Waals surface area contributed by atoms with E-state index in [2.05, 4.69) is 17.2 Å². The third-order valence-corrected chi connectivity index (χ3v) is 3.10. The van der Waals surface area contributed by atoms with Crippen molar-refractivity contribution in [3.05, 3.63) is 40.2 Å². The first-order valence-corrected chi connectivity index (χ1v) is 6.36. The van der Waals surface area contributed by atoms with Crippen LogP contribution in [-0.2, 0) is 13.0 Å². The Balaban J connectivity index is 2.52. The van der Waals surface area contributed by atoms with E-state index in [1.165, 1.54) is 0 Å². The highest BCUT2D eigenvalue weighted by Gasteiger charge is 2.14. The SMILES string of the molecule is CCCc1c(CO)nnn1-c1ccc(Cl)cc1C. The minimum Gasteiger partial charge on any atom is -0.390 e. The molecule has 0 aliphatic heterocycles. The quantitative estimate of drug-likeness (QED) is 0.925. The van der Waals surface area contributed by atoms with Crippen molar-refractivity contribution in [3.63, 3.8) is 0 Å². The van der Waals surface area contributed by atoms with Crippen molar-refractivity contribution in [1.82, 2.24) is 15.0 Å². The van der Waals surface area contributed by atoms with Crippen LogP contribution in [0.1, 0.15) is 30.3 Å². The largest absolute Gasteiger partial charge is 0.390 e. The van der Waals surface area contributed by atoms with Gasteiger partial charge in [0.2, 0.25) is 0 Å². The molecule has 0 fully saturated rings. The number of hydrogen-bond donors (Lipinski definition) is 1. The van der Waals surface area contributed by atoms with Gasteiger partial charge in [-0.15, -0.1) is 5.10 Å². The number of benzene rings is 1. The standard InChI is InChI=1S/C13H16ClN3O/c1-3-4-13-11(8-18)15-16-17(13)12-6-5-10(14)7-9(12)2/h5-7,18H,3-4,8H2,1-2H3. The van der Waals surface area contributed by atoms with Crippen LogP contribution in [0.3, 0.4) is 0 Å². The van der Waals surface area contributed by atoms with Gasteiger partial charge >= 0.3 is 0 Å². The molecule has 2 rings (SSSR count). The lowest BCUT2D eigenvalue weighted by molar-refractivity contribution is 0.275. The highest BCUT2D eigenvalue weighted by molar-refractivity contribution is 6.30. The fourth-order valence-corrected chi connectivity index (χ4v) is 2.22. The number of aryl methyl sites for hydroxylation is 1. The van der Waals surface area contributed by atoms with E-state index in [-0.39, 0.29) is 6.61 Å². The van der Waals surface area contributed by atoms with Gasteiger partial charge in [0.25, 0.3) is 0 Å². The average molecular weight is 266 g/mol. The number of halogens is 1. The second-order valence-corrected chi connectivity index (χ2v) is 4.67. The van der Waals surface area contributed by atoms with Crippen molar-refractivity contribution in [2.24, 2.45) is 0 Å². The second-order valence-electron chi connectivity index (χ2n) is 4.23. The summed E-state index contributed by atoms with van der Waals surface area (Å²) in [6, 6.07) is 5.65. The van der Waals surface area contributed by atoms with Gasteiger partial charge < -0.3 is 5.11 Å². The molecule has 0 radical (unpaired) electrons. The smallest absolute Gasteiger partial charge is 0.112 e. The predicted molar refractivity (Wildman–Crippen MR) is 71.0 cm³/mol. The molecule has 0 bridgehead atoms. The highest BCUT2D eigenvalue weighted by atomic mass is 35.5. The molecule has 2 aromatic rings. The van der Waals surface area contributed by atoms with E-state index in [9.17, 15) is 5.11 Å². The second kappa shape index (κ2) is 5.50. The van der Waals surface area contributed by atoms with E-state index in [4.69, 9.17) is 11.6 Å². The van der Waals surface area contributed by atoms with Crippen molar-refractivity contribution in [3.8, 4) is 5.69 Å². The van der Waals surface area contributed by atoms with E-state index in [1.807, 2.05) is 25.1 Å². The molecule has 5 heteroatoms. The van der Waals surface area contributed by atoms with Gasteiger partial charge in [0.15, 0.2) is 0 Å². The van der Waals surface area contributed by atoms with Crippen LogP contribution in [0.2, 0.25) is 5.02 Å². The Morgan fingerprint density at radius 1 is 1.39 bits per heavy atom. The van der Waals surface area contributed by atoms with E-state index in [0.29, 0.717) is 10.7 Å². The van der Waals surface area contributed by atoms with Gasteiger partial charge in [0, 0.05) is 5.02 Å². The Labute approximate surface area is 111 Å². The fraction of sp³-hybridized carbons (Fsp3) is 0.385. The van der Waals surface area contributed by atoms with E-state index in [0.717, 1.165) is 29.8 Å². The maximum atomic E-state index is 9.28. The maximum absolute atomic E-state index is 9.28. The van der Waals surface area contributed by atoms with Crippen molar-refractivity contribution < 1.29 is 5.11 Å². The molecule has 96 valence electrons. The number of nitrogens with zero attached hydrogens (tertiary/aromatic N) is 3. The zero-order chi connectivity index (χ0) is 13.1. The monoisotopic (exact) mass is 265 g/mol. The van der Waals surface area contributed by atoms with E-state index >= 15 is 0 Å². The molecule has 0 saturated carbocycles. The third kappa shape index (κ3) is 2.40. The van der Waals surface area contributed by atoms with E-state index in [1.54, 1.807) is 4.68 Å². The summed E-state index contributed by atoms with van der Waals surface area (Å²) < 4.78 is 1.79.